The lowest BCUT2D eigenvalue weighted by Gasteiger charge is -2.39. The Kier molecular flexibility index (Phi) is 8.10. The molecule has 2 heterocycles. The van der Waals surface area contributed by atoms with Crippen LogP contribution in [0.3, 0.4) is 0 Å². The molecule has 4 rings (SSSR count). The minimum atomic E-state index is -0.755. The number of carbonyl (C=O) groups excluding carboxylic acids is 2. The summed E-state index contributed by atoms with van der Waals surface area (Å²) in [4.78, 5) is 33.8. The van der Waals surface area contributed by atoms with Crippen molar-refractivity contribution >= 4 is 17.5 Å². The molecular formula is C27H33N5O5. The molecule has 0 radical (unpaired) electrons. The van der Waals surface area contributed by atoms with Crippen LogP contribution in [0.1, 0.15) is 19.4 Å². The summed E-state index contributed by atoms with van der Waals surface area (Å²) >= 11 is 0. The molecule has 196 valence electrons. The zero-order valence-electron chi connectivity index (χ0n) is 21.4. The summed E-state index contributed by atoms with van der Waals surface area (Å²) in [6.45, 7) is 8.48. The van der Waals surface area contributed by atoms with Crippen LogP contribution in [-0.2, 0) is 16.1 Å². The zero-order valence-corrected chi connectivity index (χ0v) is 21.4. The zero-order chi connectivity index (χ0) is 26.4. The fourth-order valence-corrected chi connectivity index (χ4v) is 4.46. The Balaban J connectivity index is 1.27. The van der Waals surface area contributed by atoms with E-state index < -0.39 is 17.4 Å². The molecular weight excluding hydrogens is 474 g/mol. The van der Waals surface area contributed by atoms with E-state index in [1.807, 2.05) is 32.0 Å². The number of phenolic OH excluding ortho intramolecular Hbond substituents is 1. The van der Waals surface area contributed by atoms with Crippen molar-refractivity contribution < 1.29 is 23.8 Å². The van der Waals surface area contributed by atoms with Crippen molar-refractivity contribution in [3.63, 3.8) is 0 Å². The maximum atomic E-state index is 12.7. The van der Waals surface area contributed by atoms with E-state index in [-0.39, 0.29) is 0 Å². The lowest BCUT2D eigenvalue weighted by Crippen LogP contribution is -2.57. The molecule has 37 heavy (non-hydrogen) atoms. The first-order valence-corrected chi connectivity index (χ1v) is 12.2. The molecule has 0 aliphatic carbocycles. The van der Waals surface area contributed by atoms with Gasteiger partial charge in [-0.1, -0.05) is 18.2 Å². The highest BCUT2D eigenvalue weighted by molar-refractivity contribution is 6.39. The highest BCUT2D eigenvalue weighted by Crippen LogP contribution is 2.32. The molecule has 1 saturated heterocycles. The standard InChI is InChI=1S/C27H33N5O5/c1-27(2,17-32-12-10-31(11-13-32)16-19-6-4-5-7-22(19)33)30-26(35)25(34)29-20-8-9-21(23(14-20)36-3)24-15-28-18-37-24/h4-9,14-15,18,33H,10-13,16-17H2,1-3H3,(H,29,34)(H,30,35). The summed E-state index contributed by atoms with van der Waals surface area (Å²) in [5, 5.41) is 15.5. The number of oxazole rings is 1. The second kappa shape index (κ2) is 11.4. The summed E-state index contributed by atoms with van der Waals surface area (Å²) in [5.74, 6) is -0.127. The van der Waals surface area contributed by atoms with E-state index in [9.17, 15) is 14.7 Å². The summed E-state index contributed by atoms with van der Waals surface area (Å²) in [6.07, 6.45) is 2.90. The van der Waals surface area contributed by atoms with E-state index in [2.05, 4.69) is 25.4 Å². The number of piperazine rings is 1. The molecule has 0 bridgehead atoms. The molecule has 1 aliphatic rings. The van der Waals surface area contributed by atoms with Gasteiger partial charge in [0.05, 0.1) is 18.9 Å². The number of hydrogen-bond acceptors (Lipinski definition) is 8. The van der Waals surface area contributed by atoms with Gasteiger partial charge in [-0.05, 0) is 32.0 Å². The molecule has 1 aliphatic heterocycles. The topological polar surface area (TPSA) is 120 Å². The van der Waals surface area contributed by atoms with E-state index in [4.69, 9.17) is 9.15 Å². The maximum Gasteiger partial charge on any atom is 0.313 e. The lowest BCUT2D eigenvalue weighted by molar-refractivity contribution is -0.137. The Bertz CT molecular complexity index is 1220. The number of carbonyl (C=O) groups is 2. The minimum absolute atomic E-state index is 0.316. The highest BCUT2D eigenvalue weighted by Gasteiger charge is 2.29. The molecule has 1 fully saturated rings. The van der Waals surface area contributed by atoms with Gasteiger partial charge in [0.2, 0.25) is 0 Å². The number of benzene rings is 2. The Morgan fingerprint density at radius 3 is 2.49 bits per heavy atom. The quantitative estimate of drug-likeness (QED) is 0.398. The second-order valence-corrected chi connectivity index (χ2v) is 9.75. The normalized spacial score (nSPS) is 14.8. The molecule has 3 aromatic rings. The Labute approximate surface area is 216 Å². The molecule has 1 aromatic heterocycles. The third-order valence-corrected chi connectivity index (χ3v) is 6.28. The summed E-state index contributed by atoms with van der Waals surface area (Å²) < 4.78 is 10.7. The van der Waals surface area contributed by atoms with Crippen LogP contribution in [0.2, 0.25) is 0 Å². The van der Waals surface area contributed by atoms with E-state index in [0.29, 0.717) is 41.6 Å². The lowest BCUT2D eigenvalue weighted by atomic mass is 10.0. The van der Waals surface area contributed by atoms with Gasteiger partial charge in [0.1, 0.15) is 11.5 Å². The van der Waals surface area contributed by atoms with Crippen molar-refractivity contribution in [2.24, 2.45) is 0 Å². The number of hydrogen-bond donors (Lipinski definition) is 3. The van der Waals surface area contributed by atoms with Gasteiger partial charge in [0.15, 0.2) is 12.2 Å². The molecule has 3 N–H and O–H groups in total. The molecule has 0 spiro atoms. The van der Waals surface area contributed by atoms with Gasteiger partial charge in [-0.15, -0.1) is 0 Å². The predicted octanol–water partition coefficient (Wildman–Crippen LogP) is 2.71. The Hall–Kier alpha value is -3.89. The van der Waals surface area contributed by atoms with Crippen molar-refractivity contribution in [2.45, 2.75) is 25.9 Å². The van der Waals surface area contributed by atoms with Gasteiger partial charge in [-0.3, -0.25) is 19.4 Å². The first-order chi connectivity index (χ1) is 17.7. The van der Waals surface area contributed by atoms with Crippen molar-refractivity contribution in [2.75, 3.05) is 45.2 Å². The van der Waals surface area contributed by atoms with Crippen LogP contribution in [-0.4, -0.2) is 77.1 Å². The third kappa shape index (κ3) is 6.87. The first-order valence-electron chi connectivity index (χ1n) is 12.2. The van der Waals surface area contributed by atoms with Crippen LogP contribution in [0.15, 0.2) is 59.5 Å². The average molecular weight is 508 g/mol. The van der Waals surface area contributed by atoms with Gasteiger partial charge < -0.3 is 24.9 Å². The number of rotatable bonds is 8. The number of nitrogens with one attached hydrogen (secondary N) is 2. The highest BCUT2D eigenvalue weighted by atomic mass is 16.5. The van der Waals surface area contributed by atoms with E-state index in [1.165, 1.54) is 13.5 Å². The van der Waals surface area contributed by atoms with Gasteiger partial charge in [0.25, 0.3) is 0 Å². The smallest absolute Gasteiger partial charge is 0.313 e. The van der Waals surface area contributed by atoms with Crippen LogP contribution < -0.4 is 15.4 Å². The van der Waals surface area contributed by atoms with Crippen LogP contribution in [0.5, 0.6) is 11.5 Å². The second-order valence-electron chi connectivity index (χ2n) is 9.75. The van der Waals surface area contributed by atoms with E-state index >= 15 is 0 Å². The van der Waals surface area contributed by atoms with Crippen LogP contribution in [0.25, 0.3) is 11.3 Å². The molecule has 0 unspecified atom stereocenters. The molecule has 10 heteroatoms. The van der Waals surface area contributed by atoms with Gasteiger partial charge >= 0.3 is 11.8 Å². The van der Waals surface area contributed by atoms with E-state index in [1.54, 1.807) is 30.5 Å². The van der Waals surface area contributed by atoms with Crippen molar-refractivity contribution in [1.82, 2.24) is 20.1 Å². The number of aromatic nitrogens is 1. The number of phenols is 1. The van der Waals surface area contributed by atoms with Crippen molar-refractivity contribution in [3.05, 3.63) is 60.6 Å². The fourth-order valence-electron chi connectivity index (χ4n) is 4.46. The number of para-hydroxylation sites is 1. The predicted molar refractivity (Wildman–Crippen MR) is 139 cm³/mol. The minimum Gasteiger partial charge on any atom is -0.508 e. The van der Waals surface area contributed by atoms with E-state index in [0.717, 1.165) is 31.7 Å². The first kappa shape index (κ1) is 26.2. The van der Waals surface area contributed by atoms with Gasteiger partial charge in [-0.25, -0.2) is 4.98 Å². The number of aromatic hydroxyl groups is 1. The average Bonchev–Trinajstić information content (AvgIpc) is 3.41. The number of anilines is 1. The Morgan fingerprint density at radius 1 is 1.08 bits per heavy atom. The van der Waals surface area contributed by atoms with Crippen LogP contribution >= 0.6 is 0 Å². The van der Waals surface area contributed by atoms with Crippen molar-refractivity contribution in [1.29, 1.82) is 0 Å². The third-order valence-electron chi connectivity index (χ3n) is 6.28. The Morgan fingerprint density at radius 2 is 1.81 bits per heavy atom. The number of ether oxygens (including phenoxy) is 1. The number of amides is 2. The van der Waals surface area contributed by atoms with Gasteiger partial charge in [0, 0.05) is 62.1 Å². The molecule has 0 atom stereocenters. The summed E-state index contributed by atoms with van der Waals surface area (Å²) in [5.41, 5.74) is 1.42. The van der Waals surface area contributed by atoms with Crippen LogP contribution in [0.4, 0.5) is 5.69 Å². The molecule has 0 saturated carbocycles. The van der Waals surface area contributed by atoms with Crippen LogP contribution in [0, 0.1) is 0 Å². The fraction of sp³-hybridized carbons (Fsp3) is 0.370. The largest absolute Gasteiger partial charge is 0.508 e. The van der Waals surface area contributed by atoms with Crippen molar-refractivity contribution in [3.8, 4) is 22.8 Å². The summed E-state index contributed by atoms with van der Waals surface area (Å²) in [7, 11) is 1.52. The van der Waals surface area contributed by atoms with Gasteiger partial charge in [-0.2, -0.15) is 0 Å². The maximum absolute atomic E-state index is 12.7. The number of nitrogens with zero attached hydrogens (tertiary/aromatic N) is 3. The molecule has 10 nitrogen and oxygen atoms in total. The molecule has 2 aromatic carbocycles. The monoisotopic (exact) mass is 507 g/mol. The summed E-state index contributed by atoms with van der Waals surface area (Å²) in [6, 6.07) is 12.4. The SMILES string of the molecule is COc1cc(NC(=O)C(=O)NC(C)(C)CN2CCN(Cc3ccccc3O)CC2)ccc1-c1cnco1. The number of methoxy groups -OCH3 is 1. The molecule has 2 amide bonds.